The van der Waals surface area contributed by atoms with Crippen LogP contribution in [0.25, 0.3) is 5.65 Å². The molecule has 2 aromatic rings. The van der Waals surface area contributed by atoms with Gasteiger partial charge in [0.2, 0.25) is 0 Å². The first-order valence-corrected chi connectivity index (χ1v) is 5.35. The van der Waals surface area contributed by atoms with Crippen molar-refractivity contribution in [1.82, 2.24) is 14.6 Å². The highest BCUT2D eigenvalue weighted by atomic mass is 16.3. The van der Waals surface area contributed by atoms with Crippen LogP contribution < -0.4 is 5.73 Å². The second-order valence-electron chi connectivity index (χ2n) is 4.16. The normalized spacial score (nSPS) is 13.6. The predicted molar refractivity (Wildman–Crippen MR) is 61.1 cm³/mol. The number of hydrogen-bond donors (Lipinski definition) is 2. The summed E-state index contributed by atoms with van der Waals surface area (Å²) in [5, 5.41) is 17.4. The molecular formula is C11H16N4O. The number of aromatic nitrogens is 3. The first-order chi connectivity index (χ1) is 7.65. The Kier molecular flexibility index (Phi) is 2.89. The smallest absolute Gasteiger partial charge is 0.165 e. The lowest BCUT2D eigenvalue weighted by Gasteiger charge is -2.10. The minimum absolute atomic E-state index is 0.0937. The van der Waals surface area contributed by atoms with E-state index in [2.05, 4.69) is 24.0 Å². The average molecular weight is 220 g/mol. The van der Waals surface area contributed by atoms with Crippen LogP contribution in [0.2, 0.25) is 0 Å². The number of rotatable bonds is 3. The van der Waals surface area contributed by atoms with Crippen molar-refractivity contribution in [2.75, 3.05) is 6.61 Å². The van der Waals surface area contributed by atoms with Crippen molar-refractivity contribution in [3.05, 3.63) is 29.7 Å². The zero-order valence-electron chi connectivity index (χ0n) is 9.46. The van der Waals surface area contributed by atoms with Crippen LogP contribution in [0.15, 0.2) is 18.3 Å². The van der Waals surface area contributed by atoms with Gasteiger partial charge in [0.25, 0.3) is 0 Å². The van der Waals surface area contributed by atoms with E-state index < -0.39 is 6.04 Å². The summed E-state index contributed by atoms with van der Waals surface area (Å²) in [5.41, 5.74) is 7.37. The molecule has 2 heterocycles. The van der Waals surface area contributed by atoms with Crippen molar-refractivity contribution in [2.24, 2.45) is 5.73 Å². The molecule has 3 N–H and O–H groups in total. The molecular weight excluding hydrogens is 204 g/mol. The number of hydrogen-bond acceptors (Lipinski definition) is 4. The van der Waals surface area contributed by atoms with Crippen molar-refractivity contribution in [3.63, 3.8) is 0 Å². The zero-order valence-corrected chi connectivity index (χ0v) is 9.46. The molecule has 0 aliphatic heterocycles. The van der Waals surface area contributed by atoms with Crippen LogP contribution in [0.4, 0.5) is 0 Å². The van der Waals surface area contributed by atoms with E-state index in [1.54, 1.807) is 0 Å². The van der Waals surface area contributed by atoms with E-state index in [1.165, 1.54) is 0 Å². The van der Waals surface area contributed by atoms with E-state index in [9.17, 15) is 0 Å². The molecule has 0 spiro atoms. The largest absolute Gasteiger partial charge is 0.394 e. The Bertz CT molecular complexity index is 492. The molecule has 0 radical (unpaired) electrons. The van der Waals surface area contributed by atoms with E-state index in [1.807, 2.05) is 22.7 Å². The third kappa shape index (κ3) is 1.68. The molecule has 0 saturated heterocycles. The fourth-order valence-corrected chi connectivity index (χ4v) is 1.74. The number of aliphatic hydroxyl groups excluding tert-OH is 1. The summed E-state index contributed by atoms with van der Waals surface area (Å²) in [6.45, 7) is 4.04. The highest BCUT2D eigenvalue weighted by molar-refractivity contribution is 5.49. The van der Waals surface area contributed by atoms with Gasteiger partial charge in [-0.2, -0.15) is 0 Å². The molecule has 0 aromatic carbocycles. The highest BCUT2D eigenvalue weighted by Gasteiger charge is 2.15. The topological polar surface area (TPSA) is 76.4 Å². The molecule has 86 valence electrons. The van der Waals surface area contributed by atoms with Crippen molar-refractivity contribution in [3.8, 4) is 0 Å². The molecule has 1 unspecified atom stereocenters. The van der Waals surface area contributed by atoms with Crippen molar-refractivity contribution < 1.29 is 5.11 Å². The van der Waals surface area contributed by atoms with Crippen LogP contribution in [-0.4, -0.2) is 26.3 Å². The number of nitrogens with zero attached hydrogens (tertiary/aromatic N) is 3. The van der Waals surface area contributed by atoms with E-state index in [4.69, 9.17) is 10.8 Å². The Morgan fingerprint density at radius 3 is 2.81 bits per heavy atom. The quantitative estimate of drug-likeness (QED) is 0.803. The van der Waals surface area contributed by atoms with Crippen LogP contribution in [0, 0.1) is 0 Å². The Balaban J connectivity index is 2.62. The summed E-state index contributed by atoms with van der Waals surface area (Å²) < 4.78 is 1.93. The van der Waals surface area contributed by atoms with E-state index in [0.717, 1.165) is 17.0 Å². The second-order valence-corrected chi connectivity index (χ2v) is 4.16. The van der Waals surface area contributed by atoms with Gasteiger partial charge in [0.1, 0.15) is 5.82 Å². The minimum atomic E-state index is -0.409. The number of fused-ring (bicyclic) bond motifs is 1. The Morgan fingerprint density at radius 1 is 1.44 bits per heavy atom. The molecule has 0 fully saturated rings. The maximum Gasteiger partial charge on any atom is 0.165 e. The van der Waals surface area contributed by atoms with Gasteiger partial charge in [0.05, 0.1) is 12.6 Å². The third-order valence-electron chi connectivity index (χ3n) is 2.60. The maximum absolute atomic E-state index is 9.08. The molecule has 0 bridgehead atoms. The van der Waals surface area contributed by atoms with E-state index >= 15 is 0 Å². The molecule has 5 nitrogen and oxygen atoms in total. The Hall–Kier alpha value is -1.46. The zero-order chi connectivity index (χ0) is 11.7. The lowest BCUT2D eigenvalue weighted by molar-refractivity contribution is 0.268. The minimum Gasteiger partial charge on any atom is -0.394 e. The van der Waals surface area contributed by atoms with E-state index in [-0.39, 0.29) is 6.61 Å². The van der Waals surface area contributed by atoms with Gasteiger partial charge < -0.3 is 10.8 Å². The van der Waals surface area contributed by atoms with Crippen LogP contribution in [0.3, 0.4) is 0 Å². The molecule has 1 atom stereocenters. The lowest BCUT2D eigenvalue weighted by Crippen LogP contribution is -2.15. The SMILES string of the molecule is CC(C)c1nnc2c(C(N)CO)cccn12. The van der Waals surface area contributed by atoms with Gasteiger partial charge in [0.15, 0.2) is 5.65 Å². The first kappa shape index (κ1) is 11.0. The number of pyridine rings is 1. The molecule has 5 heteroatoms. The van der Waals surface area contributed by atoms with Gasteiger partial charge in [-0.25, -0.2) is 0 Å². The first-order valence-electron chi connectivity index (χ1n) is 5.35. The van der Waals surface area contributed by atoms with Gasteiger partial charge in [-0.15, -0.1) is 10.2 Å². The molecule has 0 amide bonds. The summed E-state index contributed by atoms with van der Waals surface area (Å²) in [6, 6.07) is 3.36. The van der Waals surface area contributed by atoms with Crippen LogP contribution in [-0.2, 0) is 0 Å². The van der Waals surface area contributed by atoms with Gasteiger partial charge in [-0.05, 0) is 6.07 Å². The summed E-state index contributed by atoms with van der Waals surface area (Å²) in [7, 11) is 0. The average Bonchev–Trinajstić information content (AvgIpc) is 2.71. The monoisotopic (exact) mass is 220 g/mol. The molecule has 0 aliphatic rings. The maximum atomic E-state index is 9.08. The molecule has 0 aliphatic carbocycles. The van der Waals surface area contributed by atoms with E-state index in [0.29, 0.717) is 5.92 Å². The van der Waals surface area contributed by atoms with Crippen molar-refractivity contribution in [2.45, 2.75) is 25.8 Å². The lowest BCUT2D eigenvalue weighted by atomic mass is 10.1. The summed E-state index contributed by atoms with van der Waals surface area (Å²) in [6.07, 6.45) is 1.91. The van der Waals surface area contributed by atoms with Gasteiger partial charge in [-0.3, -0.25) is 4.40 Å². The number of nitrogens with two attached hydrogens (primary N) is 1. The summed E-state index contributed by atoms with van der Waals surface area (Å²) in [5.74, 6) is 1.21. The molecule has 2 aromatic heterocycles. The molecule has 0 saturated carbocycles. The second kappa shape index (κ2) is 4.19. The fourth-order valence-electron chi connectivity index (χ4n) is 1.74. The van der Waals surface area contributed by atoms with Crippen molar-refractivity contribution >= 4 is 5.65 Å². The third-order valence-corrected chi connectivity index (χ3v) is 2.60. The summed E-state index contributed by atoms with van der Waals surface area (Å²) >= 11 is 0. The molecule has 2 rings (SSSR count). The van der Waals surface area contributed by atoms with Gasteiger partial charge in [0, 0.05) is 17.7 Å². The Morgan fingerprint density at radius 2 is 2.19 bits per heavy atom. The van der Waals surface area contributed by atoms with Crippen LogP contribution >= 0.6 is 0 Å². The van der Waals surface area contributed by atoms with Gasteiger partial charge >= 0.3 is 0 Å². The summed E-state index contributed by atoms with van der Waals surface area (Å²) in [4.78, 5) is 0. The van der Waals surface area contributed by atoms with Crippen molar-refractivity contribution in [1.29, 1.82) is 0 Å². The fraction of sp³-hybridized carbons (Fsp3) is 0.455. The number of aliphatic hydroxyl groups is 1. The predicted octanol–water partition coefficient (Wildman–Crippen LogP) is 0.845. The molecule has 16 heavy (non-hydrogen) atoms. The highest BCUT2D eigenvalue weighted by Crippen LogP contribution is 2.19. The van der Waals surface area contributed by atoms with Gasteiger partial charge in [-0.1, -0.05) is 19.9 Å². The standard InChI is InChI=1S/C11H16N4O/c1-7(2)10-13-14-11-8(9(12)6-16)4-3-5-15(10)11/h3-5,7,9,16H,6,12H2,1-2H3. The Labute approximate surface area is 93.9 Å². The van der Waals surface area contributed by atoms with Crippen LogP contribution in [0.1, 0.15) is 37.2 Å². The van der Waals surface area contributed by atoms with Crippen LogP contribution in [0.5, 0.6) is 0 Å².